The van der Waals surface area contributed by atoms with Crippen molar-refractivity contribution >= 4 is 24.8 Å². The van der Waals surface area contributed by atoms with Gasteiger partial charge in [0.05, 0.1) is 5.69 Å². The number of halogens is 2. The maximum absolute atomic E-state index is 5.24. The molecular formula is C5H10Cl2N2O. The van der Waals surface area contributed by atoms with E-state index in [9.17, 15) is 0 Å². The van der Waals surface area contributed by atoms with Crippen LogP contribution in [0.4, 0.5) is 0 Å². The van der Waals surface area contributed by atoms with Gasteiger partial charge in [-0.25, -0.2) is 4.98 Å². The third-order valence-electron chi connectivity index (χ3n) is 0.884. The van der Waals surface area contributed by atoms with Crippen molar-refractivity contribution < 1.29 is 4.42 Å². The Labute approximate surface area is 71.8 Å². The molecule has 0 aromatic carbocycles. The van der Waals surface area contributed by atoms with Crippen LogP contribution in [0.25, 0.3) is 0 Å². The van der Waals surface area contributed by atoms with Gasteiger partial charge in [-0.15, -0.1) is 24.8 Å². The van der Waals surface area contributed by atoms with Gasteiger partial charge in [0.2, 0.25) is 0 Å². The Morgan fingerprint density at radius 1 is 1.50 bits per heavy atom. The Hall–Kier alpha value is -0.250. The Morgan fingerprint density at radius 3 is 2.60 bits per heavy atom. The summed E-state index contributed by atoms with van der Waals surface area (Å²) in [6, 6.07) is 0. The van der Waals surface area contributed by atoms with E-state index in [0.29, 0.717) is 6.54 Å². The molecule has 0 bridgehead atoms. The van der Waals surface area contributed by atoms with E-state index >= 15 is 0 Å². The molecule has 0 aliphatic carbocycles. The summed E-state index contributed by atoms with van der Waals surface area (Å²) in [4.78, 5) is 3.86. The molecule has 10 heavy (non-hydrogen) atoms. The average Bonchev–Trinajstić information content (AvgIpc) is 2.19. The molecule has 0 saturated heterocycles. The lowest BCUT2D eigenvalue weighted by atomic mass is 10.3. The van der Waals surface area contributed by atoms with Crippen LogP contribution in [0.2, 0.25) is 0 Å². The topological polar surface area (TPSA) is 52.0 Å². The predicted octanol–water partition coefficient (Wildman–Crippen LogP) is 1.02. The van der Waals surface area contributed by atoms with Crippen LogP contribution in [0.1, 0.15) is 5.69 Å². The zero-order valence-corrected chi connectivity index (χ0v) is 6.95. The second kappa shape index (κ2) is 6.86. The van der Waals surface area contributed by atoms with Gasteiger partial charge in [0, 0.05) is 6.42 Å². The Morgan fingerprint density at radius 2 is 2.20 bits per heavy atom. The highest BCUT2D eigenvalue weighted by Gasteiger charge is 1.89. The largest absolute Gasteiger partial charge is 0.451 e. The number of hydrogen-bond acceptors (Lipinski definition) is 3. The van der Waals surface area contributed by atoms with E-state index in [0.717, 1.165) is 12.1 Å². The van der Waals surface area contributed by atoms with Crippen molar-refractivity contribution in [3.8, 4) is 0 Å². The molecule has 2 N–H and O–H groups in total. The number of oxazole rings is 1. The summed E-state index contributed by atoms with van der Waals surface area (Å²) in [6.45, 7) is 0.631. The van der Waals surface area contributed by atoms with Crippen molar-refractivity contribution in [2.45, 2.75) is 6.42 Å². The lowest BCUT2D eigenvalue weighted by Crippen LogP contribution is -2.02. The van der Waals surface area contributed by atoms with Gasteiger partial charge in [0.25, 0.3) is 0 Å². The summed E-state index contributed by atoms with van der Waals surface area (Å²) >= 11 is 0. The first-order valence-electron chi connectivity index (χ1n) is 2.50. The highest BCUT2D eigenvalue weighted by molar-refractivity contribution is 5.85. The predicted molar refractivity (Wildman–Crippen MR) is 43.8 cm³/mol. The van der Waals surface area contributed by atoms with Crippen molar-refractivity contribution in [1.82, 2.24) is 4.98 Å². The average molecular weight is 185 g/mol. The van der Waals surface area contributed by atoms with E-state index in [1.54, 1.807) is 6.26 Å². The second-order valence-electron chi connectivity index (χ2n) is 1.52. The Balaban J connectivity index is 0. The number of nitrogens with zero attached hydrogens (tertiary/aromatic N) is 1. The van der Waals surface area contributed by atoms with Crippen LogP contribution >= 0.6 is 24.8 Å². The van der Waals surface area contributed by atoms with Crippen molar-refractivity contribution in [3.63, 3.8) is 0 Å². The Kier molecular flexibility index (Phi) is 8.53. The maximum atomic E-state index is 5.24. The molecule has 0 atom stereocenters. The van der Waals surface area contributed by atoms with Crippen LogP contribution in [0.5, 0.6) is 0 Å². The van der Waals surface area contributed by atoms with Crippen molar-refractivity contribution in [1.29, 1.82) is 0 Å². The summed E-state index contributed by atoms with van der Waals surface area (Å²) in [5.41, 5.74) is 6.16. The zero-order valence-electron chi connectivity index (χ0n) is 5.32. The second-order valence-corrected chi connectivity index (χ2v) is 1.52. The van der Waals surface area contributed by atoms with E-state index < -0.39 is 0 Å². The molecule has 3 nitrogen and oxygen atoms in total. The zero-order chi connectivity index (χ0) is 5.82. The van der Waals surface area contributed by atoms with Gasteiger partial charge >= 0.3 is 0 Å². The minimum absolute atomic E-state index is 0. The minimum Gasteiger partial charge on any atom is -0.451 e. The van der Waals surface area contributed by atoms with Gasteiger partial charge in [-0.3, -0.25) is 0 Å². The van der Waals surface area contributed by atoms with Crippen LogP contribution in [0.3, 0.4) is 0 Å². The van der Waals surface area contributed by atoms with Crippen LogP contribution in [-0.4, -0.2) is 11.5 Å². The first kappa shape index (κ1) is 12.4. The molecule has 0 spiro atoms. The van der Waals surface area contributed by atoms with Gasteiger partial charge in [0.1, 0.15) is 6.26 Å². The molecular weight excluding hydrogens is 175 g/mol. The molecule has 0 amide bonds. The molecule has 0 aliphatic rings. The Bertz CT molecular complexity index is 143. The smallest absolute Gasteiger partial charge is 0.180 e. The summed E-state index contributed by atoms with van der Waals surface area (Å²) in [6.07, 6.45) is 3.81. The van der Waals surface area contributed by atoms with Gasteiger partial charge in [-0.1, -0.05) is 0 Å². The van der Waals surface area contributed by atoms with Gasteiger partial charge in [-0.05, 0) is 6.54 Å². The molecule has 1 aromatic heterocycles. The number of aromatic nitrogens is 1. The highest BCUT2D eigenvalue weighted by atomic mass is 35.5. The molecule has 60 valence electrons. The molecule has 0 saturated carbocycles. The third-order valence-corrected chi connectivity index (χ3v) is 0.884. The summed E-state index contributed by atoms with van der Waals surface area (Å²) < 4.78 is 4.70. The summed E-state index contributed by atoms with van der Waals surface area (Å²) in [5.74, 6) is 0. The van der Waals surface area contributed by atoms with E-state index in [1.165, 1.54) is 6.39 Å². The molecule has 0 fully saturated rings. The summed E-state index contributed by atoms with van der Waals surface area (Å²) in [7, 11) is 0. The normalized spacial score (nSPS) is 7.70. The first-order valence-corrected chi connectivity index (χ1v) is 2.50. The van der Waals surface area contributed by atoms with Gasteiger partial charge in [-0.2, -0.15) is 0 Å². The minimum atomic E-state index is 0. The lowest BCUT2D eigenvalue weighted by Gasteiger charge is -1.83. The highest BCUT2D eigenvalue weighted by Crippen LogP contribution is 1.92. The van der Waals surface area contributed by atoms with E-state index in [-0.39, 0.29) is 24.8 Å². The fraction of sp³-hybridized carbons (Fsp3) is 0.400. The quantitative estimate of drug-likeness (QED) is 0.748. The number of nitrogens with two attached hydrogens (primary N) is 1. The third kappa shape index (κ3) is 3.71. The van der Waals surface area contributed by atoms with Crippen LogP contribution in [0.15, 0.2) is 17.1 Å². The molecule has 1 heterocycles. The van der Waals surface area contributed by atoms with Gasteiger partial charge in [0.15, 0.2) is 6.39 Å². The maximum Gasteiger partial charge on any atom is 0.180 e. The fourth-order valence-corrected chi connectivity index (χ4v) is 0.509. The lowest BCUT2D eigenvalue weighted by molar-refractivity contribution is 0.556. The van der Waals surface area contributed by atoms with Crippen LogP contribution in [-0.2, 0) is 6.42 Å². The van der Waals surface area contributed by atoms with E-state index in [1.807, 2.05) is 0 Å². The van der Waals surface area contributed by atoms with E-state index in [2.05, 4.69) is 4.98 Å². The molecule has 5 heteroatoms. The van der Waals surface area contributed by atoms with Crippen LogP contribution in [0, 0.1) is 0 Å². The molecule has 0 unspecified atom stereocenters. The van der Waals surface area contributed by atoms with Crippen molar-refractivity contribution in [2.75, 3.05) is 6.54 Å². The molecule has 0 aliphatic heterocycles. The fourth-order valence-electron chi connectivity index (χ4n) is 0.509. The first-order chi connectivity index (χ1) is 3.93. The monoisotopic (exact) mass is 184 g/mol. The SMILES string of the molecule is Cl.Cl.NCCc1cocn1. The molecule has 1 rings (SSSR count). The van der Waals surface area contributed by atoms with Gasteiger partial charge < -0.3 is 10.2 Å². The van der Waals surface area contributed by atoms with Crippen molar-refractivity contribution in [3.05, 3.63) is 18.4 Å². The van der Waals surface area contributed by atoms with E-state index in [4.69, 9.17) is 10.2 Å². The van der Waals surface area contributed by atoms with Crippen molar-refractivity contribution in [2.24, 2.45) is 5.73 Å². The van der Waals surface area contributed by atoms with Crippen LogP contribution < -0.4 is 5.73 Å². The molecule has 0 radical (unpaired) electrons. The summed E-state index contributed by atoms with van der Waals surface area (Å²) in [5, 5.41) is 0. The number of rotatable bonds is 2. The number of hydrogen-bond donors (Lipinski definition) is 1. The molecule has 1 aromatic rings. The standard InChI is InChI=1S/C5H8N2O.2ClH/c6-2-1-5-3-8-4-7-5;;/h3-4H,1-2,6H2;2*1H.